The van der Waals surface area contributed by atoms with Crippen molar-refractivity contribution in [3.8, 4) is 11.5 Å². The molecule has 1 atom stereocenters. The number of nitrogens with zero attached hydrogens (tertiary/aromatic N) is 1. The maximum absolute atomic E-state index is 11.8. The van der Waals surface area contributed by atoms with Gasteiger partial charge in [0.05, 0.1) is 0 Å². The van der Waals surface area contributed by atoms with Crippen molar-refractivity contribution < 1.29 is 9.53 Å². The molecule has 0 aromatic heterocycles. The lowest BCUT2D eigenvalue weighted by Gasteiger charge is -2.16. The third kappa shape index (κ3) is 3.25. The predicted octanol–water partition coefficient (Wildman–Crippen LogP) is 3.31. The van der Waals surface area contributed by atoms with Crippen LogP contribution in [0, 0.1) is 0 Å². The topological polar surface area (TPSA) is 55.6 Å². The van der Waals surface area contributed by atoms with E-state index in [-0.39, 0.29) is 11.9 Å². The molecule has 0 aliphatic carbocycles. The summed E-state index contributed by atoms with van der Waals surface area (Å²) >= 11 is 3.39. The van der Waals surface area contributed by atoms with Gasteiger partial charge in [0.2, 0.25) is 5.91 Å². The Balaban J connectivity index is 1.72. The smallest absolute Gasteiger partial charge is 0.228 e. The standard InChI is InChI=1S/C16H15BrN2O2/c17-11-1-5-14(6-2-11)21-15-7-3-13(4-8-15)19-10-12(18)9-16(19)20/h1-8,12H,9-10,18H2. The van der Waals surface area contributed by atoms with Crippen molar-refractivity contribution in [3.63, 3.8) is 0 Å². The first-order valence-electron chi connectivity index (χ1n) is 6.71. The molecule has 1 aliphatic heterocycles. The molecule has 21 heavy (non-hydrogen) atoms. The zero-order chi connectivity index (χ0) is 14.8. The summed E-state index contributed by atoms with van der Waals surface area (Å²) < 4.78 is 6.76. The number of anilines is 1. The summed E-state index contributed by atoms with van der Waals surface area (Å²) in [6.45, 7) is 0.575. The second-order valence-electron chi connectivity index (χ2n) is 5.02. The number of ether oxygens (including phenoxy) is 1. The van der Waals surface area contributed by atoms with Gasteiger partial charge in [0.1, 0.15) is 11.5 Å². The number of carbonyl (C=O) groups excluding carboxylic acids is 1. The molecule has 3 rings (SSSR count). The van der Waals surface area contributed by atoms with Crippen LogP contribution in [0.15, 0.2) is 53.0 Å². The average Bonchev–Trinajstić information content (AvgIpc) is 2.81. The number of hydrogen-bond acceptors (Lipinski definition) is 3. The van der Waals surface area contributed by atoms with E-state index in [4.69, 9.17) is 10.5 Å². The van der Waals surface area contributed by atoms with Gasteiger partial charge in [0.15, 0.2) is 0 Å². The van der Waals surface area contributed by atoms with Gasteiger partial charge in [0, 0.05) is 29.2 Å². The molecule has 1 heterocycles. The van der Waals surface area contributed by atoms with E-state index >= 15 is 0 Å². The fourth-order valence-corrected chi connectivity index (χ4v) is 2.58. The molecule has 1 aliphatic rings. The SMILES string of the molecule is NC1CC(=O)N(c2ccc(Oc3ccc(Br)cc3)cc2)C1. The molecule has 1 amide bonds. The predicted molar refractivity (Wildman–Crippen MR) is 85.6 cm³/mol. The summed E-state index contributed by atoms with van der Waals surface area (Å²) in [5, 5.41) is 0. The zero-order valence-corrected chi connectivity index (χ0v) is 12.9. The van der Waals surface area contributed by atoms with Crippen molar-refractivity contribution in [2.45, 2.75) is 12.5 Å². The van der Waals surface area contributed by atoms with Crippen molar-refractivity contribution >= 4 is 27.5 Å². The van der Waals surface area contributed by atoms with Crippen LogP contribution in [0.2, 0.25) is 0 Å². The first-order chi connectivity index (χ1) is 10.1. The Morgan fingerprint density at radius 2 is 1.62 bits per heavy atom. The fourth-order valence-electron chi connectivity index (χ4n) is 2.32. The third-order valence-corrected chi connectivity index (χ3v) is 3.88. The summed E-state index contributed by atoms with van der Waals surface area (Å²) in [6.07, 6.45) is 0.414. The Morgan fingerprint density at radius 3 is 2.14 bits per heavy atom. The molecule has 0 spiro atoms. The van der Waals surface area contributed by atoms with Gasteiger partial charge in [-0.25, -0.2) is 0 Å². The molecule has 0 saturated carbocycles. The Labute approximate surface area is 131 Å². The second kappa shape index (κ2) is 5.87. The largest absolute Gasteiger partial charge is 0.457 e. The molecule has 4 nitrogen and oxygen atoms in total. The van der Waals surface area contributed by atoms with E-state index in [0.717, 1.165) is 21.7 Å². The summed E-state index contributed by atoms with van der Waals surface area (Å²) in [4.78, 5) is 13.5. The first-order valence-corrected chi connectivity index (χ1v) is 7.50. The lowest BCUT2D eigenvalue weighted by Crippen LogP contribution is -2.27. The molecule has 108 valence electrons. The highest BCUT2D eigenvalue weighted by Crippen LogP contribution is 2.27. The minimum Gasteiger partial charge on any atom is -0.457 e. The molecule has 2 aromatic carbocycles. The number of rotatable bonds is 3. The molecule has 5 heteroatoms. The Morgan fingerprint density at radius 1 is 1.05 bits per heavy atom. The van der Waals surface area contributed by atoms with Crippen LogP contribution in [0.25, 0.3) is 0 Å². The molecule has 0 bridgehead atoms. The molecule has 1 saturated heterocycles. The lowest BCUT2D eigenvalue weighted by atomic mass is 10.2. The third-order valence-electron chi connectivity index (χ3n) is 3.35. The van der Waals surface area contributed by atoms with Crippen LogP contribution in [0.3, 0.4) is 0 Å². The second-order valence-corrected chi connectivity index (χ2v) is 5.93. The van der Waals surface area contributed by atoms with Gasteiger partial charge in [-0.15, -0.1) is 0 Å². The first kappa shape index (κ1) is 14.1. The van der Waals surface area contributed by atoms with Crippen molar-refractivity contribution in [1.29, 1.82) is 0 Å². The monoisotopic (exact) mass is 346 g/mol. The molecular formula is C16H15BrN2O2. The minimum absolute atomic E-state index is 0.0730. The van der Waals surface area contributed by atoms with Gasteiger partial charge in [-0.2, -0.15) is 0 Å². The van der Waals surface area contributed by atoms with E-state index in [1.54, 1.807) is 4.90 Å². The quantitative estimate of drug-likeness (QED) is 0.927. The van der Waals surface area contributed by atoms with Crippen LogP contribution >= 0.6 is 15.9 Å². The van der Waals surface area contributed by atoms with Gasteiger partial charge >= 0.3 is 0 Å². The van der Waals surface area contributed by atoms with Crippen LogP contribution in [0.4, 0.5) is 5.69 Å². The van der Waals surface area contributed by atoms with Gasteiger partial charge in [-0.3, -0.25) is 4.79 Å². The van der Waals surface area contributed by atoms with Crippen LogP contribution in [-0.4, -0.2) is 18.5 Å². The van der Waals surface area contributed by atoms with E-state index in [2.05, 4.69) is 15.9 Å². The number of carbonyl (C=O) groups is 1. The lowest BCUT2D eigenvalue weighted by molar-refractivity contribution is -0.117. The van der Waals surface area contributed by atoms with E-state index in [0.29, 0.717) is 13.0 Å². The van der Waals surface area contributed by atoms with Crippen LogP contribution in [-0.2, 0) is 4.79 Å². The molecule has 2 aromatic rings. The fraction of sp³-hybridized carbons (Fsp3) is 0.188. The highest BCUT2D eigenvalue weighted by Gasteiger charge is 2.27. The van der Waals surface area contributed by atoms with Gasteiger partial charge in [0.25, 0.3) is 0 Å². The van der Waals surface area contributed by atoms with Gasteiger partial charge in [-0.05, 0) is 48.5 Å². The Hall–Kier alpha value is -1.85. The minimum atomic E-state index is -0.0730. The summed E-state index contributed by atoms with van der Waals surface area (Å²) in [7, 11) is 0. The molecular weight excluding hydrogens is 332 g/mol. The zero-order valence-electron chi connectivity index (χ0n) is 11.3. The molecule has 1 fully saturated rings. The molecule has 2 N–H and O–H groups in total. The van der Waals surface area contributed by atoms with Crippen molar-refractivity contribution in [3.05, 3.63) is 53.0 Å². The maximum atomic E-state index is 11.8. The van der Waals surface area contributed by atoms with E-state index in [1.165, 1.54) is 0 Å². The molecule has 0 radical (unpaired) electrons. The van der Waals surface area contributed by atoms with Crippen LogP contribution in [0.1, 0.15) is 6.42 Å². The highest BCUT2D eigenvalue weighted by molar-refractivity contribution is 9.10. The van der Waals surface area contributed by atoms with E-state index < -0.39 is 0 Å². The van der Waals surface area contributed by atoms with E-state index in [1.807, 2.05) is 48.5 Å². The van der Waals surface area contributed by atoms with Crippen LogP contribution < -0.4 is 15.4 Å². The van der Waals surface area contributed by atoms with E-state index in [9.17, 15) is 4.79 Å². The highest BCUT2D eigenvalue weighted by atomic mass is 79.9. The van der Waals surface area contributed by atoms with Gasteiger partial charge in [-0.1, -0.05) is 15.9 Å². The number of amides is 1. The average molecular weight is 347 g/mol. The maximum Gasteiger partial charge on any atom is 0.228 e. The van der Waals surface area contributed by atoms with Crippen molar-refractivity contribution in [2.24, 2.45) is 5.73 Å². The molecule has 1 unspecified atom stereocenters. The number of halogens is 1. The Kier molecular flexibility index (Phi) is 3.94. The summed E-state index contributed by atoms with van der Waals surface area (Å²) in [6, 6.07) is 15.0. The summed E-state index contributed by atoms with van der Waals surface area (Å²) in [5.41, 5.74) is 6.66. The van der Waals surface area contributed by atoms with Gasteiger partial charge < -0.3 is 15.4 Å². The summed E-state index contributed by atoms with van der Waals surface area (Å²) in [5.74, 6) is 1.58. The van der Waals surface area contributed by atoms with Crippen molar-refractivity contribution in [2.75, 3.05) is 11.4 Å². The normalized spacial score (nSPS) is 18.1. The van der Waals surface area contributed by atoms with Crippen molar-refractivity contribution in [1.82, 2.24) is 0 Å². The number of hydrogen-bond donors (Lipinski definition) is 1. The van der Waals surface area contributed by atoms with Crippen LogP contribution in [0.5, 0.6) is 11.5 Å². The number of nitrogens with two attached hydrogens (primary N) is 1. The Bertz CT molecular complexity index is 640. The number of benzene rings is 2.